The lowest BCUT2D eigenvalue weighted by atomic mass is 10.1. The van der Waals surface area contributed by atoms with Crippen LogP contribution in [-0.2, 0) is 7.05 Å². The molecule has 1 heterocycles. The summed E-state index contributed by atoms with van der Waals surface area (Å²) in [6, 6.07) is 7.56. The molecule has 0 aliphatic carbocycles. The van der Waals surface area contributed by atoms with Crippen molar-refractivity contribution in [2.75, 3.05) is 6.54 Å². The van der Waals surface area contributed by atoms with E-state index in [0.717, 1.165) is 10.9 Å². The fraction of sp³-hybridized carbons (Fsp3) is 0.364. The zero-order chi connectivity index (χ0) is 10.8. The van der Waals surface area contributed by atoms with Crippen LogP contribution in [0.1, 0.15) is 18.3 Å². The summed E-state index contributed by atoms with van der Waals surface area (Å²) in [5, 5.41) is 5.13. The maximum absolute atomic E-state index is 13.8. The van der Waals surface area contributed by atoms with Gasteiger partial charge in [0.1, 0.15) is 6.17 Å². The Hall–Kier alpha value is -1.42. The second-order valence-electron chi connectivity index (χ2n) is 3.57. The van der Waals surface area contributed by atoms with Crippen molar-refractivity contribution in [2.24, 2.45) is 12.8 Å². The molecule has 15 heavy (non-hydrogen) atoms. The molecule has 0 aliphatic heterocycles. The number of hydrogen-bond donors (Lipinski definition) is 1. The molecule has 0 fully saturated rings. The minimum Gasteiger partial charge on any atom is -0.330 e. The van der Waals surface area contributed by atoms with E-state index >= 15 is 0 Å². The van der Waals surface area contributed by atoms with Crippen molar-refractivity contribution in [3.05, 3.63) is 30.0 Å². The van der Waals surface area contributed by atoms with Crippen LogP contribution in [0.2, 0.25) is 0 Å². The Kier molecular flexibility index (Phi) is 2.68. The SMILES string of the molecule is Cn1nc2ccccc2c1C(F)CCN. The Labute approximate surface area is 87.7 Å². The van der Waals surface area contributed by atoms with E-state index in [0.29, 0.717) is 18.7 Å². The van der Waals surface area contributed by atoms with E-state index < -0.39 is 6.17 Å². The van der Waals surface area contributed by atoms with Gasteiger partial charge in [0.25, 0.3) is 0 Å². The van der Waals surface area contributed by atoms with Crippen LogP contribution in [0, 0.1) is 0 Å². The van der Waals surface area contributed by atoms with E-state index in [1.807, 2.05) is 24.3 Å². The molecule has 3 nitrogen and oxygen atoms in total. The molecule has 0 aliphatic rings. The fourth-order valence-corrected chi connectivity index (χ4v) is 1.82. The first-order valence-corrected chi connectivity index (χ1v) is 5.00. The molecule has 4 heteroatoms. The van der Waals surface area contributed by atoms with Crippen LogP contribution in [0.4, 0.5) is 4.39 Å². The van der Waals surface area contributed by atoms with Gasteiger partial charge >= 0.3 is 0 Å². The Morgan fingerprint density at radius 1 is 1.47 bits per heavy atom. The van der Waals surface area contributed by atoms with Crippen LogP contribution in [0.15, 0.2) is 24.3 Å². The van der Waals surface area contributed by atoms with E-state index in [1.54, 1.807) is 11.7 Å². The van der Waals surface area contributed by atoms with Gasteiger partial charge in [-0.1, -0.05) is 18.2 Å². The first-order chi connectivity index (χ1) is 7.24. The molecule has 1 aromatic carbocycles. The normalized spacial score (nSPS) is 13.3. The van der Waals surface area contributed by atoms with Crippen LogP contribution in [0.5, 0.6) is 0 Å². The number of alkyl halides is 1. The molecule has 1 unspecified atom stereocenters. The molecule has 0 bridgehead atoms. The zero-order valence-corrected chi connectivity index (χ0v) is 8.65. The Morgan fingerprint density at radius 3 is 2.93 bits per heavy atom. The molecule has 0 radical (unpaired) electrons. The zero-order valence-electron chi connectivity index (χ0n) is 8.65. The maximum atomic E-state index is 13.8. The highest BCUT2D eigenvalue weighted by atomic mass is 19.1. The molecule has 0 spiro atoms. The highest BCUT2D eigenvalue weighted by Gasteiger charge is 2.17. The standard InChI is InChI=1S/C11H14FN3/c1-15-11(9(12)6-7-13)8-4-2-3-5-10(8)14-15/h2-5,9H,6-7,13H2,1H3. The van der Waals surface area contributed by atoms with Gasteiger partial charge in [-0.05, 0) is 19.0 Å². The van der Waals surface area contributed by atoms with Gasteiger partial charge < -0.3 is 5.73 Å². The summed E-state index contributed by atoms with van der Waals surface area (Å²) >= 11 is 0. The van der Waals surface area contributed by atoms with Gasteiger partial charge in [0, 0.05) is 12.4 Å². The highest BCUT2D eigenvalue weighted by Crippen LogP contribution is 2.27. The van der Waals surface area contributed by atoms with Gasteiger partial charge in [-0.3, -0.25) is 4.68 Å². The summed E-state index contributed by atoms with van der Waals surface area (Å²) < 4.78 is 15.4. The quantitative estimate of drug-likeness (QED) is 0.835. The number of nitrogens with zero attached hydrogens (tertiary/aromatic N) is 2. The van der Waals surface area contributed by atoms with Gasteiger partial charge in [-0.25, -0.2) is 4.39 Å². The second kappa shape index (κ2) is 3.98. The monoisotopic (exact) mass is 207 g/mol. The van der Waals surface area contributed by atoms with Crippen molar-refractivity contribution < 1.29 is 4.39 Å². The second-order valence-corrected chi connectivity index (χ2v) is 3.57. The molecule has 2 rings (SSSR count). The average molecular weight is 207 g/mol. The minimum absolute atomic E-state index is 0.337. The number of hydrogen-bond acceptors (Lipinski definition) is 2. The number of fused-ring (bicyclic) bond motifs is 1. The molecule has 2 aromatic rings. The average Bonchev–Trinajstić information content (AvgIpc) is 2.54. The number of rotatable bonds is 3. The third-order valence-corrected chi connectivity index (χ3v) is 2.50. The molecule has 0 saturated heterocycles. The van der Waals surface area contributed by atoms with Crippen molar-refractivity contribution in [3.8, 4) is 0 Å². The number of halogens is 1. The molecule has 1 atom stereocenters. The maximum Gasteiger partial charge on any atom is 0.143 e. The molecular formula is C11H14FN3. The summed E-state index contributed by atoms with van der Waals surface area (Å²) in [4.78, 5) is 0. The van der Waals surface area contributed by atoms with E-state index in [1.165, 1.54) is 0 Å². The lowest BCUT2D eigenvalue weighted by Crippen LogP contribution is -2.07. The number of aryl methyl sites for hydroxylation is 1. The van der Waals surface area contributed by atoms with Crippen molar-refractivity contribution in [2.45, 2.75) is 12.6 Å². The topological polar surface area (TPSA) is 43.8 Å². The van der Waals surface area contributed by atoms with Crippen molar-refractivity contribution in [1.29, 1.82) is 0 Å². The number of benzene rings is 1. The summed E-state index contributed by atoms with van der Waals surface area (Å²) in [6.07, 6.45) is -0.698. The lowest BCUT2D eigenvalue weighted by molar-refractivity contribution is 0.312. The lowest BCUT2D eigenvalue weighted by Gasteiger charge is -2.07. The number of nitrogens with two attached hydrogens (primary N) is 1. The third kappa shape index (κ3) is 1.72. The Balaban J connectivity index is 2.53. The first kappa shape index (κ1) is 10.1. The molecule has 2 N–H and O–H groups in total. The smallest absolute Gasteiger partial charge is 0.143 e. The van der Waals surface area contributed by atoms with E-state index in [9.17, 15) is 4.39 Å². The fourth-order valence-electron chi connectivity index (χ4n) is 1.82. The minimum atomic E-state index is -1.03. The van der Waals surface area contributed by atoms with Crippen LogP contribution in [0.25, 0.3) is 10.9 Å². The van der Waals surface area contributed by atoms with E-state index in [4.69, 9.17) is 5.73 Å². The predicted molar refractivity (Wildman–Crippen MR) is 58.2 cm³/mol. The van der Waals surface area contributed by atoms with Crippen LogP contribution < -0.4 is 5.73 Å². The van der Waals surface area contributed by atoms with Gasteiger partial charge in [-0.15, -0.1) is 0 Å². The van der Waals surface area contributed by atoms with Gasteiger partial charge in [0.2, 0.25) is 0 Å². The summed E-state index contributed by atoms with van der Waals surface area (Å²) in [6.45, 7) is 0.348. The molecule has 0 saturated carbocycles. The Morgan fingerprint density at radius 2 is 2.20 bits per heavy atom. The van der Waals surface area contributed by atoms with Crippen molar-refractivity contribution in [1.82, 2.24) is 9.78 Å². The summed E-state index contributed by atoms with van der Waals surface area (Å²) in [5.41, 5.74) is 6.81. The summed E-state index contributed by atoms with van der Waals surface area (Å²) in [5.74, 6) is 0. The molecule has 0 amide bonds. The molecular weight excluding hydrogens is 193 g/mol. The largest absolute Gasteiger partial charge is 0.330 e. The third-order valence-electron chi connectivity index (χ3n) is 2.50. The van der Waals surface area contributed by atoms with Crippen molar-refractivity contribution >= 4 is 10.9 Å². The molecule has 1 aromatic heterocycles. The van der Waals surface area contributed by atoms with Crippen molar-refractivity contribution in [3.63, 3.8) is 0 Å². The van der Waals surface area contributed by atoms with Gasteiger partial charge in [0.15, 0.2) is 0 Å². The van der Waals surface area contributed by atoms with Gasteiger partial charge in [-0.2, -0.15) is 5.10 Å². The highest BCUT2D eigenvalue weighted by molar-refractivity contribution is 5.81. The predicted octanol–water partition coefficient (Wildman–Crippen LogP) is 1.93. The molecule has 80 valence electrons. The van der Waals surface area contributed by atoms with E-state index in [2.05, 4.69) is 5.10 Å². The van der Waals surface area contributed by atoms with Crippen LogP contribution in [0.3, 0.4) is 0 Å². The summed E-state index contributed by atoms with van der Waals surface area (Å²) in [7, 11) is 1.76. The Bertz CT molecular complexity index is 464. The number of aromatic nitrogens is 2. The van der Waals surface area contributed by atoms with E-state index in [-0.39, 0.29) is 0 Å². The first-order valence-electron chi connectivity index (χ1n) is 5.00. The van der Waals surface area contributed by atoms with Gasteiger partial charge in [0.05, 0.1) is 11.2 Å². The van der Waals surface area contributed by atoms with Crippen LogP contribution >= 0.6 is 0 Å². The van der Waals surface area contributed by atoms with Crippen LogP contribution in [-0.4, -0.2) is 16.3 Å².